The second kappa shape index (κ2) is 5.90. The Kier molecular flexibility index (Phi) is 4.24. The average Bonchev–Trinajstić information content (AvgIpc) is 2.39. The van der Waals surface area contributed by atoms with Crippen LogP contribution in [0.3, 0.4) is 0 Å². The molecule has 1 aliphatic heterocycles. The molecule has 2 rings (SSSR count). The summed E-state index contributed by atoms with van der Waals surface area (Å²) in [6.07, 6.45) is -0.0734. The summed E-state index contributed by atoms with van der Waals surface area (Å²) in [5.74, 6) is -0.871. The second-order valence-electron chi connectivity index (χ2n) is 4.55. The molecule has 1 aliphatic rings. The monoisotopic (exact) mass is 266 g/mol. The highest BCUT2D eigenvalue weighted by Gasteiger charge is 2.23. The van der Waals surface area contributed by atoms with Gasteiger partial charge in [-0.1, -0.05) is 6.07 Å². The maximum atomic E-state index is 12.2. The van der Waals surface area contributed by atoms with Crippen molar-refractivity contribution in [3.05, 3.63) is 23.8 Å². The summed E-state index contributed by atoms with van der Waals surface area (Å²) in [6, 6.07) is 4.23. The highest BCUT2D eigenvalue weighted by Crippen LogP contribution is 2.27. The van der Waals surface area contributed by atoms with Gasteiger partial charge in [0.2, 0.25) is 0 Å². The molecule has 19 heavy (non-hydrogen) atoms. The van der Waals surface area contributed by atoms with Crippen LogP contribution < -0.4 is 5.32 Å². The highest BCUT2D eigenvalue weighted by molar-refractivity contribution is 5.99. The van der Waals surface area contributed by atoms with E-state index in [1.165, 1.54) is 23.1 Å². The lowest BCUT2D eigenvalue weighted by molar-refractivity contribution is 0.0102. The molecule has 1 aromatic rings. The number of aromatic hydroxyl groups is 2. The molecule has 0 bridgehead atoms. The number of rotatable bonds is 3. The van der Waals surface area contributed by atoms with Crippen LogP contribution in [0.25, 0.3) is 0 Å². The van der Waals surface area contributed by atoms with E-state index in [2.05, 4.69) is 5.32 Å². The predicted molar refractivity (Wildman–Crippen MR) is 69.3 cm³/mol. The SMILES string of the molecule is CN(CC1CNCCO1)C(=O)c1c(O)cccc1O. The van der Waals surface area contributed by atoms with Crippen molar-refractivity contribution in [2.75, 3.05) is 33.3 Å². The van der Waals surface area contributed by atoms with Gasteiger partial charge in [-0.15, -0.1) is 0 Å². The van der Waals surface area contributed by atoms with Gasteiger partial charge in [0.25, 0.3) is 5.91 Å². The Hall–Kier alpha value is -1.79. The Bertz CT molecular complexity index is 438. The number of phenolic OH excluding ortho intramolecular Hbond substituents is 2. The molecule has 1 heterocycles. The smallest absolute Gasteiger partial charge is 0.261 e. The van der Waals surface area contributed by atoms with Crippen LogP contribution in [0.15, 0.2) is 18.2 Å². The third-order valence-corrected chi connectivity index (χ3v) is 3.06. The van der Waals surface area contributed by atoms with Gasteiger partial charge in [-0.05, 0) is 12.1 Å². The molecule has 0 spiro atoms. The Morgan fingerprint density at radius 3 is 2.74 bits per heavy atom. The van der Waals surface area contributed by atoms with Gasteiger partial charge in [0, 0.05) is 26.7 Å². The molecular formula is C13H18N2O4. The van der Waals surface area contributed by atoms with Crippen molar-refractivity contribution >= 4 is 5.91 Å². The molecule has 6 heteroatoms. The maximum Gasteiger partial charge on any atom is 0.261 e. The Labute approximate surface area is 111 Å². The van der Waals surface area contributed by atoms with E-state index in [4.69, 9.17) is 4.74 Å². The zero-order chi connectivity index (χ0) is 13.8. The number of likely N-dealkylation sites (N-methyl/N-ethyl adjacent to an activating group) is 1. The lowest BCUT2D eigenvalue weighted by Gasteiger charge is -2.28. The highest BCUT2D eigenvalue weighted by atomic mass is 16.5. The number of carbonyl (C=O) groups excluding carboxylic acids is 1. The lowest BCUT2D eigenvalue weighted by atomic mass is 10.1. The van der Waals surface area contributed by atoms with Crippen molar-refractivity contribution in [1.82, 2.24) is 10.2 Å². The van der Waals surface area contributed by atoms with Crippen molar-refractivity contribution in [1.29, 1.82) is 0 Å². The van der Waals surface area contributed by atoms with Crippen molar-refractivity contribution in [2.24, 2.45) is 0 Å². The molecule has 1 unspecified atom stereocenters. The van der Waals surface area contributed by atoms with E-state index >= 15 is 0 Å². The Morgan fingerprint density at radius 2 is 2.16 bits per heavy atom. The number of morpholine rings is 1. The Balaban J connectivity index is 2.06. The largest absolute Gasteiger partial charge is 0.507 e. The molecule has 1 saturated heterocycles. The molecule has 0 aromatic heterocycles. The number of phenols is 2. The number of hydrogen-bond donors (Lipinski definition) is 3. The summed E-state index contributed by atoms with van der Waals surface area (Å²) in [6.45, 7) is 2.52. The lowest BCUT2D eigenvalue weighted by Crippen LogP contribution is -2.45. The van der Waals surface area contributed by atoms with E-state index in [0.717, 1.165) is 6.54 Å². The standard InChI is InChI=1S/C13H18N2O4/c1-15(8-9-7-14-5-6-19-9)13(18)12-10(16)3-2-4-11(12)17/h2-4,9,14,16-17H,5-8H2,1H3. The topological polar surface area (TPSA) is 82.0 Å². The minimum atomic E-state index is -0.426. The quantitative estimate of drug-likeness (QED) is 0.726. The van der Waals surface area contributed by atoms with E-state index < -0.39 is 5.91 Å². The van der Waals surface area contributed by atoms with Gasteiger partial charge in [-0.2, -0.15) is 0 Å². The summed E-state index contributed by atoms with van der Waals surface area (Å²) in [7, 11) is 1.62. The fourth-order valence-electron chi connectivity index (χ4n) is 2.06. The maximum absolute atomic E-state index is 12.2. The third kappa shape index (κ3) is 3.15. The van der Waals surface area contributed by atoms with Crippen molar-refractivity contribution < 1.29 is 19.7 Å². The average molecular weight is 266 g/mol. The van der Waals surface area contributed by atoms with E-state index in [9.17, 15) is 15.0 Å². The van der Waals surface area contributed by atoms with Gasteiger partial charge in [-0.3, -0.25) is 4.79 Å². The number of hydrogen-bond acceptors (Lipinski definition) is 5. The van der Waals surface area contributed by atoms with Crippen LogP contribution >= 0.6 is 0 Å². The first-order valence-corrected chi connectivity index (χ1v) is 6.18. The fraction of sp³-hybridized carbons (Fsp3) is 0.462. The molecule has 104 valence electrons. The number of nitrogens with one attached hydrogen (secondary N) is 1. The first-order chi connectivity index (χ1) is 9.09. The summed E-state index contributed by atoms with van der Waals surface area (Å²) >= 11 is 0. The number of amides is 1. The molecular weight excluding hydrogens is 248 g/mol. The van der Waals surface area contributed by atoms with E-state index in [1.807, 2.05) is 0 Å². The van der Waals surface area contributed by atoms with Crippen LogP contribution in [0, 0.1) is 0 Å². The molecule has 0 aliphatic carbocycles. The van der Waals surface area contributed by atoms with Crippen LogP contribution in [-0.4, -0.2) is 60.4 Å². The zero-order valence-electron chi connectivity index (χ0n) is 10.8. The van der Waals surface area contributed by atoms with Crippen molar-refractivity contribution in [2.45, 2.75) is 6.10 Å². The van der Waals surface area contributed by atoms with Crippen LogP contribution in [0.5, 0.6) is 11.5 Å². The van der Waals surface area contributed by atoms with Gasteiger partial charge in [-0.25, -0.2) is 0 Å². The summed E-state index contributed by atoms with van der Waals surface area (Å²) in [4.78, 5) is 13.6. The molecule has 1 fully saturated rings. The number of nitrogens with zero attached hydrogens (tertiary/aromatic N) is 1. The molecule has 1 atom stereocenters. The molecule has 0 radical (unpaired) electrons. The molecule has 6 nitrogen and oxygen atoms in total. The summed E-state index contributed by atoms with van der Waals surface area (Å²) in [5, 5.41) is 22.5. The van der Waals surface area contributed by atoms with Gasteiger partial charge in [0.05, 0.1) is 12.7 Å². The predicted octanol–water partition coefficient (Wildman–Crippen LogP) is 0.158. The zero-order valence-corrected chi connectivity index (χ0v) is 10.8. The van der Waals surface area contributed by atoms with Gasteiger partial charge in [0.1, 0.15) is 17.1 Å². The normalized spacial score (nSPS) is 19.1. The van der Waals surface area contributed by atoms with Crippen LogP contribution in [-0.2, 0) is 4.74 Å². The van der Waals surface area contributed by atoms with Crippen molar-refractivity contribution in [3.63, 3.8) is 0 Å². The van der Waals surface area contributed by atoms with Gasteiger partial charge in [0.15, 0.2) is 0 Å². The number of ether oxygens (including phenoxy) is 1. The van der Waals surface area contributed by atoms with Crippen LogP contribution in [0.1, 0.15) is 10.4 Å². The van der Waals surface area contributed by atoms with Gasteiger partial charge < -0.3 is 25.2 Å². The minimum absolute atomic E-state index is 0.0734. The van der Waals surface area contributed by atoms with E-state index in [-0.39, 0.29) is 23.2 Å². The third-order valence-electron chi connectivity index (χ3n) is 3.06. The van der Waals surface area contributed by atoms with Crippen LogP contribution in [0.2, 0.25) is 0 Å². The first kappa shape index (κ1) is 13.6. The first-order valence-electron chi connectivity index (χ1n) is 6.18. The molecule has 0 saturated carbocycles. The Morgan fingerprint density at radius 1 is 1.47 bits per heavy atom. The molecule has 3 N–H and O–H groups in total. The van der Waals surface area contributed by atoms with Crippen LogP contribution in [0.4, 0.5) is 0 Å². The summed E-state index contributed by atoms with van der Waals surface area (Å²) < 4.78 is 5.51. The molecule has 1 aromatic carbocycles. The summed E-state index contributed by atoms with van der Waals surface area (Å²) in [5.41, 5.74) is -0.0752. The fourth-order valence-corrected chi connectivity index (χ4v) is 2.06. The number of benzene rings is 1. The van der Waals surface area contributed by atoms with E-state index in [1.54, 1.807) is 7.05 Å². The second-order valence-corrected chi connectivity index (χ2v) is 4.55. The van der Waals surface area contributed by atoms with E-state index in [0.29, 0.717) is 19.7 Å². The molecule has 1 amide bonds. The van der Waals surface area contributed by atoms with Gasteiger partial charge >= 0.3 is 0 Å². The minimum Gasteiger partial charge on any atom is -0.507 e. The number of carbonyl (C=O) groups is 1. The van der Waals surface area contributed by atoms with Crippen molar-refractivity contribution in [3.8, 4) is 11.5 Å².